The highest BCUT2D eigenvalue weighted by molar-refractivity contribution is 7.80. The minimum atomic E-state index is 0.472. The number of nitrogens with zero attached hydrogens (tertiary/aromatic N) is 4. The normalized spacial score (nSPS) is 18.6. The minimum Gasteiger partial charge on any atom is -0.507 e. The van der Waals surface area contributed by atoms with Gasteiger partial charge in [-0.2, -0.15) is 0 Å². The van der Waals surface area contributed by atoms with Crippen LogP contribution < -0.4 is 0 Å². The number of phenolic OH excluding ortho intramolecular Hbond substituents is 1. The Kier molecular flexibility index (Phi) is 8.53. The van der Waals surface area contributed by atoms with Gasteiger partial charge >= 0.3 is 0 Å². The van der Waals surface area contributed by atoms with E-state index in [9.17, 15) is 5.11 Å². The van der Waals surface area contributed by atoms with Crippen molar-refractivity contribution in [3.8, 4) is 16.2 Å². The highest BCUT2D eigenvalue weighted by Crippen LogP contribution is 2.40. The van der Waals surface area contributed by atoms with Gasteiger partial charge in [0.2, 0.25) is 0 Å². The predicted octanol–water partition coefficient (Wildman–Crippen LogP) is 5.00. The molecule has 36 heavy (non-hydrogen) atoms. The summed E-state index contributed by atoms with van der Waals surface area (Å²) in [5, 5.41) is 11.4. The second kappa shape index (κ2) is 11.8. The fourth-order valence-electron chi connectivity index (χ4n) is 5.07. The van der Waals surface area contributed by atoms with Crippen molar-refractivity contribution in [2.24, 2.45) is 0 Å². The third-order valence-electron chi connectivity index (χ3n) is 7.45. The van der Waals surface area contributed by atoms with E-state index in [2.05, 4.69) is 76.2 Å². The number of aromatic hydroxyl groups is 1. The molecule has 8 heteroatoms. The molecule has 192 valence electrons. The maximum Gasteiger partial charge on any atom is 0.124 e. The maximum atomic E-state index is 11.4. The maximum absolute atomic E-state index is 11.4. The van der Waals surface area contributed by atoms with E-state index in [0.717, 1.165) is 86.8 Å². The van der Waals surface area contributed by atoms with Crippen LogP contribution in [0.5, 0.6) is 5.75 Å². The van der Waals surface area contributed by atoms with Gasteiger partial charge in [-0.05, 0) is 37.4 Å². The number of piperazine rings is 2. The standard InChI is InChI=1S/C28H36N4OS3/c1-29-8-12-31(13-9-29)19-23-17-22(18-24(26(23)33)20-32-14-10-30(2)11-15-32)27-25(28(34)36-35-27)16-21-6-4-3-5-7-21/h3-7,17-18,33H,8-16,19-20H2,1-2H3. The van der Waals surface area contributed by atoms with Crippen LogP contribution in [0.3, 0.4) is 0 Å². The Morgan fingerprint density at radius 3 is 1.83 bits per heavy atom. The zero-order chi connectivity index (χ0) is 25.1. The SMILES string of the molecule is CN1CCN(Cc2cc(-c3ssc(=S)c3Cc3ccccc3)cc(CN3CCN(C)CC3)c2O)CC1. The van der Waals surface area contributed by atoms with Gasteiger partial charge in [0, 0.05) is 88.6 Å². The molecule has 0 saturated carbocycles. The van der Waals surface area contributed by atoms with Crippen LogP contribution in [0.2, 0.25) is 0 Å². The molecule has 5 nitrogen and oxygen atoms in total. The molecule has 0 bridgehead atoms. The Morgan fingerprint density at radius 1 is 0.778 bits per heavy atom. The molecule has 0 atom stereocenters. The van der Waals surface area contributed by atoms with Crippen molar-refractivity contribution in [2.75, 3.05) is 66.5 Å². The lowest BCUT2D eigenvalue weighted by molar-refractivity contribution is 0.144. The molecular weight excluding hydrogens is 505 g/mol. The van der Waals surface area contributed by atoms with E-state index in [1.54, 1.807) is 20.7 Å². The summed E-state index contributed by atoms with van der Waals surface area (Å²) in [6, 6.07) is 15.1. The van der Waals surface area contributed by atoms with Crippen molar-refractivity contribution in [3.63, 3.8) is 0 Å². The molecule has 2 aromatic carbocycles. The molecular formula is C28H36N4OS3. The van der Waals surface area contributed by atoms with E-state index < -0.39 is 0 Å². The summed E-state index contributed by atoms with van der Waals surface area (Å²) in [7, 11) is 7.84. The molecule has 0 aliphatic carbocycles. The Labute approximate surface area is 227 Å². The fraction of sp³-hybridized carbons (Fsp3) is 0.464. The van der Waals surface area contributed by atoms with Crippen molar-refractivity contribution < 1.29 is 5.11 Å². The average molecular weight is 541 g/mol. The number of phenols is 1. The third kappa shape index (κ3) is 6.25. The molecule has 0 amide bonds. The molecule has 0 radical (unpaired) electrons. The van der Waals surface area contributed by atoms with Crippen molar-refractivity contribution in [2.45, 2.75) is 19.5 Å². The predicted molar refractivity (Wildman–Crippen MR) is 155 cm³/mol. The highest BCUT2D eigenvalue weighted by atomic mass is 32.9. The van der Waals surface area contributed by atoms with Crippen LogP contribution in [0.15, 0.2) is 42.5 Å². The van der Waals surface area contributed by atoms with E-state index in [1.807, 2.05) is 0 Å². The average Bonchev–Trinajstić information content (AvgIpc) is 3.24. The Morgan fingerprint density at radius 2 is 1.31 bits per heavy atom. The van der Waals surface area contributed by atoms with E-state index in [1.165, 1.54) is 21.6 Å². The van der Waals surface area contributed by atoms with E-state index >= 15 is 0 Å². The lowest BCUT2D eigenvalue weighted by Crippen LogP contribution is -2.44. The van der Waals surface area contributed by atoms with E-state index in [4.69, 9.17) is 12.2 Å². The lowest BCUT2D eigenvalue weighted by Gasteiger charge is -2.34. The van der Waals surface area contributed by atoms with Gasteiger partial charge in [0.1, 0.15) is 9.57 Å². The van der Waals surface area contributed by atoms with Crippen molar-refractivity contribution in [1.82, 2.24) is 19.6 Å². The van der Waals surface area contributed by atoms with Crippen LogP contribution in [0.1, 0.15) is 22.3 Å². The summed E-state index contributed by atoms with van der Waals surface area (Å²) < 4.78 is 0.980. The topological polar surface area (TPSA) is 33.2 Å². The number of benzene rings is 2. The smallest absolute Gasteiger partial charge is 0.124 e. The molecule has 2 fully saturated rings. The van der Waals surface area contributed by atoms with Crippen molar-refractivity contribution in [3.05, 3.63) is 68.5 Å². The summed E-state index contributed by atoms with van der Waals surface area (Å²) in [4.78, 5) is 10.9. The van der Waals surface area contributed by atoms with Gasteiger partial charge in [0.05, 0.1) is 4.88 Å². The van der Waals surface area contributed by atoms with Gasteiger partial charge in [-0.25, -0.2) is 0 Å². The van der Waals surface area contributed by atoms with Crippen molar-refractivity contribution in [1.29, 1.82) is 0 Å². The second-order valence-corrected chi connectivity index (χ2v) is 13.0. The molecule has 1 aromatic heterocycles. The van der Waals surface area contributed by atoms with Gasteiger partial charge in [-0.1, -0.05) is 63.2 Å². The first-order valence-corrected chi connectivity index (χ1v) is 15.3. The first-order chi connectivity index (χ1) is 17.5. The second-order valence-electron chi connectivity index (χ2n) is 10.2. The summed E-state index contributed by atoms with van der Waals surface area (Å²) in [5.74, 6) is 0.472. The third-order valence-corrected chi connectivity index (χ3v) is 10.6. The van der Waals surface area contributed by atoms with Gasteiger partial charge in [-0.3, -0.25) is 9.80 Å². The van der Waals surface area contributed by atoms with Gasteiger partial charge < -0.3 is 14.9 Å². The molecule has 2 saturated heterocycles. The zero-order valence-electron chi connectivity index (χ0n) is 21.3. The van der Waals surface area contributed by atoms with E-state index in [-0.39, 0.29) is 0 Å². The Balaban J connectivity index is 1.49. The highest BCUT2D eigenvalue weighted by Gasteiger charge is 2.22. The van der Waals surface area contributed by atoms with Crippen LogP contribution in [-0.4, -0.2) is 91.2 Å². The van der Waals surface area contributed by atoms with Crippen LogP contribution in [0.4, 0.5) is 0 Å². The van der Waals surface area contributed by atoms with Gasteiger partial charge in [0.25, 0.3) is 0 Å². The van der Waals surface area contributed by atoms with Crippen LogP contribution >= 0.6 is 32.9 Å². The molecule has 5 rings (SSSR count). The Hall–Kier alpha value is -1.65. The fourth-order valence-corrected chi connectivity index (χ4v) is 7.98. The molecule has 0 unspecified atom stereocenters. The number of rotatable bonds is 7. The summed E-state index contributed by atoms with van der Waals surface area (Å²) in [5.41, 5.74) is 5.80. The minimum absolute atomic E-state index is 0.472. The molecule has 3 aromatic rings. The summed E-state index contributed by atoms with van der Waals surface area (Å²) in [6.45, 7) is 9.98. The van der Waals surface area contributed by atoms with Gasteiger partial charge in [-0.15, -0.1) is 0 Å². The Bertz CT molecular complexity index is 1160. The zero-order valence-corrected chi connectivity index (χ0v) is 23.7. The first-order valence-electron chi connectivity index (χ1n) is 12.8. The summed E-state index contributed by atoms with van der Waals surface area (Å²) in [6.07, 6.45) is 0.845. The molecule has 2 aliphatic rings. The van der Waals surface area contributed by atoms with E-state index in [0.29, 0.717) is 5.75 Å². The molecule has 3 heterocycles. The largest absolute Gasteiger partial charge is 0.507 e. The molecule has 1 N–H and O–H groups in total. The number of likely N-dealkylation sites (N-methyl/N-ethyl adjacent to an activating group) is 2. The first kappa shape index (κ1) is 26.0. The van der Waals surface area contributed by atoms with Crippen LogP contribution in [0, 0.1) is 3.82 Å². The lowest BCUT2D eigenvalue weighted by atomic mass is 9.98. The number of hydrogen-bond acceptors (Lipinski definition) is 8. The van der Waals surface area contributed by atoms with Crippen LogP contribution in [-0.2, 0) is 19.5 Å². The molecule has 2 aliphatic heterocycles. The number of hydrogen-bond donors (Lipinski definition) is 1. The van der Waals surface area contributed by atoms with Gasteiger partial charge in [0.15, 0.2) is 0 Å². The van der Waals surface area contributed by atoms with Crippen LogP contribution in [0.25, 0.3) is 10.4 Å². The van der Waals surface area contributed by atoms with Crippen molar-refractivity contribution >= 4 is 32.9 Å². The quantitative estimate of drug-likeness (QED) is 0.336. The summed E-state index contributed by atoms with van der Waals surface area (Å²) >= 11 is 5.80. The molecule has 0 spiro atoms. The monoisotopic (exact) mass is 540 g/mol.